The van der Waals surface area contributed by atoms with Crippen LogP contribution < -0.4 is 5.32 Å². The fourth-order valence-corrected chi connectivity index (χ4v) is 7.49. The number of imide groups is 1. The zero-order valence-corrected chi connectivity index (χ0v) is 22.3. The van der Waals surface area contributed by atoms with E-state index in [4.69, 9.17) is 4.74 Å². The highest BCUT2D eigenvalue weighted by molar-refractivity contribution is 9.12. The summed E-state index contributed by atoms with van der Waals surface area (Å²) in [5.74, 6) is -1.79. The third-order valence-electron chi connectivity index (χ3n) is 6.76. The lowest BCUT2D eigenvalue weighted by Crippen LogP contribution is -2.37. The van der Waals surface area contributed by atoms with Gasteiger partial charge in [-0.25, -0.2) is 0 Å². The molecule has 3 aliphatic rings. The van der Waals surface area contributed by atoms with Crippen molar-refractivity contribution in [3.8, 4) is 0 Å². The molecule has 3 fully saturated rings. The summed E-state index contributed by atoms with van der Waals surface area (Å²) in [4.78, 5) is 51.6. The fraction of sp³-hybridized carbons (Fsp3) is 0.545. The summed E-state index contributed by atoms with van der Waals surface area (Å²) >= 11 is 10.7. The van der Waals surface area contributed by atoms with Crippen LogP contribution in [0, 0.1) is 37.5 Å². The summed E-state index contributed by atoms with van der Waals surface area (Å²) in [6.07, 6.45) is 0.729. The maximum absolute atomic E-state index is 12.9. The number of esters is 1. The Balaban J connectivity index is 1.27. The molecule has 7 nitrogen and oxygen atoms in total. The molecule has 10 heteroatoms. The first-order chi connectivity index (χ1) is 15.1. The number of anilines is 1. The lowest BCUT2D eigenvalue weighted by atomic mass is 9.81. The van der Waals surface area contributed by atoms with Gasteiger partial charge in [-0.2, -0.15) is 0 Å². The van der Waals surface area contributed by atoms with Crippen LogP contribution in [0.4, 0.5) is 5.69 Å². The number of rotatable bonds is 6. The molecule has 2 bridgehead atoms. The van der Waals surface area contributed by atoms with Crippen molar-refractivity contribution in [3.63, 3.8) is 0 Å². The molecule has 6 atom stereocenters. The Bertz CT molecular complexity index is 968. The van der Waals surface area contributed by atoms with Crippen LogP contribution in [0.2, 0.25) is 0 Å². The van der Waals surface area contributed by atoms with E-state index in [-0.39, 0.29) is 58.1 Å². The number of alkyl halides is 2. The van der Waals surface area contributed by atoms with E-state index in [1.54, 1.807) is 0 Å². The molecule has 0 radical (unpaired) electrons. The number of fused-ring (bicyclic) bond motifs is 5. The second kappa shape index (κ2) is 9.18. The number of ether oxygens (including phenoxy) is 1. The molecule has 1 heterocycles. The van der Waals surface area contributed by atoms with Gasteiger partial charge in [0, 0.05) is 26.4 Å². The Morgan fingerprint density at radius 2 is 1.66 bits per heavy atom. The fourth-order valence-electron chi connectivity index (χ4n) is 5.15. The monoisotopic (exact) mass is 632 g/mol. The van der Waals surface area contributed by atoms with Gasteiger partial charge < -0.3 is 10.1 Å². The maximum Gasteiger partial charge on any atom is 0.308 e. The number of carbonyl (C=O) groups is 4. The minimum Gasteiger partial charge on any atom is -0.456 e. The molecule has 1 N–H and O–H groups in total. The summed E-state index contributed by atoms with van der Waals surface area (Å²) in [6, 6.07) is 3.74. The molecule has 1 aromatic rings. The largest absolute Gasteiger partial charge is 0.456 e. The van der Waals surface area contributed by atoms with Gasteiger partial charge in [-0.3, -0.25) is 24.1 Å². The molecule has 0 aromatic heterocycles. The Morgan fingerprint density at radius 1 is 1.06 bits per heavy atom. The molecule has 3 amide bonds. The van der Waals surface area contributed by atoms with Gasteiger partial charge >= 0.3 is 5.97 Å². The SMILES string of the molecule is Cc1cc(NC(=O)COC(=O)CCN2C(=O)[C@@H]3[C@H]4C[C@@H]([C@H](Br)[C@@H]4Br)[C@@H]3C2=O)c(C)cc1Br. The molecule has 1 aliphatic heterocycles. The normalized spacial score (nSPS) is 30.6. The number of benzene rings is 1. The van der Waals surface area contributed by atoms with E-state index in [0.29, 0.717) is 5.69 Å². The van der Waals surface area contributed by atoms with E-state index in [9.17, 15) is 19.2 Å². The van der Waals surface area contributed by atoms with E-state index in [1.807, 2.05) is 26.0 Å². The molecule has 1 saturated heterocycles. The molecule has 2 aliphatic carbocycles. The summed E-state index contributed by atoms with van der Waals surface area (Å²) in [6.45, 7) is 3.33. The standard InChI is InChI=1S/C22H23Br3N2O5/c1-9-6-14(10(2)5-13(9)23)26-15(28)8-32-16(29)3-4-27-21(30)17-11-7-12(18(17)22(27)31)20(25)19(11)24/h5-6,11-12,17-20H,3-4,7-8H2,1-2H3,(H,26,28)/t11-,12-,17-,18+,19-,20+/m1/s1. The van der Waals surface area contributed by atoms with E-state index in [1.165, 1.54) is 4.90 Å². The second-order valence-electron chi connectivity index (χ2n) is 8.71. The van der Waals surface area contributed by atoms with Crippen molar-refractivity contribution in [2.75, 3.05) is 18.5 Å². The van der Waals surface area contributed by atoms with Gasteiger partial charge in [0.05, 0.1) is 18.3 Å². The van der Waals surface area contributed by atoms with Gasteiger partial charge in [0.15, 0.2) is 6.61 Å². The van der Waals surface area contributed by atoms with Crippen molar-refractivity contribution < 1.29 is 23.9 Å². The van der Waals surface area contributed by atoms with Crippen LogP contribution in [-0.4, -0.2) is 51.4 Å². The smallest absolute Gasteiger partial charge is 0.308 e. The highest BCUT2D eigenvalue weighted by Gasteiger charge is 2.66. The molecule has 1 aromatic carbocycles. The third-order valence-corrected chi connectivity index (χ3v) is 10.8. The first kappa shape index (κ1) is 23.9. The number of nitrogens with one attached hydrogen (secondary N) is 1. The number of carbonyl (C=O) groups excluding carboxylic acids is 4. The predicted octanol–water partition coefficient (Wildman–Crippen LogP) is 3.72. The zero-order valence-electron chi connectivity index (χ0n) is 17.6. The third kappa shape index (κ3) is 4.18. The molecule has 32 heavy (non-hydrogen) atoms. The summed E-state index contributed by atoms with van der Waals surface area (Å²) in [7, 11) is 0. The van der Waals surface area contributed by atoms with Crippen molar-refractivity contribution in [2.24, 2.45) is 23.7 Å². The molecule has 0 unspecified atom stereocenters. The second-order valence-corrected chi connectivity index (χ2v) is 11.7. The molecule has 4 rings (SSSR count). The van der Waals surface area contributed by atoms with Crippen molar-refractivity contribution in [1.29, 1.82) is 0 Å². The molecule has 2 saturated carbocycles. The van der Waals surface area contributed by atoms with Gasteiger partial charge in [0.25, 0.3) is 5.91 Å². The van der Waals surface area contributed by atoms with Crippen molar-refractivity contribution in [1.82, 2.24) is 4.90 Å². The van der Waals surface area contributed by atoms with Crippen molar-refractivity contribution in [2.45, 2.75) is 36.3 Å². The van der Waals surface area contributed by atoms with Crippen LogP contribution in [0.15, 0.2) is 16.6 Å². The summed E-state index contributed by atoms with van der Waals surface area (Å²) in [5.41, 5.74) is 2.50. The number of halogens is 3. The number of nitrogens with zero attached hydrogens (tertiary/aromatic N) is 1. The van der Waals surface area contributed by atoms with E-state index < -0.39 is 18.5 Å². The minimum absolute atomic E-state index is 0.0184. The van der Waals surface area contributed by atoms with Crippen LogP contribution in [0.3, 0.4) is 0 Å². The Labute approximate surface area is 211 Å². The first-order valence-electron chi connectivity index (χ1n) is 10.5. The molecule has 172 valence electrons. The van der Waals surface area contributed by atoms with Crippen LogP contribution >= 0.6 is 47.8 Å². The van der Waals surface area contributed by atoms with Crippen LogP contribution in [0.5, 0.6) is 0 Å². The zero-order chi connectivity index (χ0) is 23.3. The van der Waals surface area contributed by atoms with Crippen molar-refractivity contribution >= 4 is 77.2 Å². The van der Waals surface area contributed by atoms with E-state index in [2.05, 4.69) is 53.1 Å². The topological polar surface area (TPSA) is 92.8 Å². The van der Waals surface area contributed by atoms with Gasteiger partial charge in [-0.15, -0.1) is 0 Å². The van der Waals surface area contributed by atoms with E-state index in [0.717, 1.165) is 22.0 Å². The number of aryl methyl sites for hydroxylation is 2. The number of amides is 3. The van der Waals surface area contributed by atoms with Gasteiger partial charge in [-0.1, -0.05) is 47.8 Å². The lowest BCUT2D eigenvalue weighted by Gasteiger charge is -2.28. The summed E-state index contributed by atoms with van der Waals surface area (Å²) < 4.78 is 6.00. The van der Waals surface area contributed by atoms with Crippen LogP contribution in [0.25, 0.3) is 0 Å². The maximum atomic E-state index is 12.9. The highest BCUT2D eigenvalue weighted by Crippen LogP contribution is 2.60. The van der Waals surface area contributed by atoms with Gasteiger partial charge in [0.2, 0.25) is 11.8 Å². The van der Waals surface area contributed by atoms with E-state index >= 15 is 0 Å². The quantitative estimate of drug-likeness (QED) is 0.293. The Kier molecular flexibility index (Phi) is 6.85. The first-order valence-corrected chi connectivity index (χ1v) is 13.1. The van der Waals surface area contributed by atoms with Crippen LogP contribution in [-0.2, 0) is 23.9 Å². The number of hydrogen-bond donors (Lipinski definition) is 1. The Morgan fingerprint density at radius 3 is 2.25 bits per heavy atom. The molecular weight excluding hydrogens is 612 g/mol. The van der Waals surface area contributed by atoms with Crippen molar-refractivity contribution in [3.05, 3.63) is 27.7 Å². The van der Waals surface area contributed by atoms with Gasteiger partial charge in [0.1, 0.15) is 0 Å². The summed E-state index contributed by atoms with van der Waals surface area (Å²) in [5, 5.41) is 2.73. The Hall–Kier alpha value is -1.26. The van der Waals surface area contributed by atoms with Crippen LogP contribution in [0.1, 0.15) is 24.0 Å². The molecular formula is C22H23Br3N2O5. The highest BCUT2D eigenvalue weighted by atomic mass is 79.9. The average Bonchev–Trinajstić information content (AvgIpc) is 3.34. The predicted molar refractivity (Wildman–Crippen MR) is 129 cm³/mol. The number of likely N-dealkylation sites (tertiary alicyclic amines) is 1. The average molecular weight is 635 g/mol. The minimum atomic E-state index is -0.624. The van der Waals surface area contributed by atoms with Gasteiger partial charge in [-0.05, 0) is 55.4 Å². The number of hydrogen-bond acceptors (Lipinski definition) is 5. The molecule has 0 spiro atoms. The lowest BCUT2D eigenvalue weighted by molar-refractivity contribution is -0.149.